The molecule has 0 unspecified atom stereocenters. The number of carbonyl (C=O) groups excluding carboxylic acids is 2. The number of amides is 2. The Morgan fingerprint density at radius 3 is 2.19 bits per heavy atom. The molecule has 0 aromatic heterocycles. The highest BCUT2D eigenvalue weighted by molar-refractivity contribution is 6.05. The van der Waals surface area contributed by atoms with Crippen molar-refractivity contribution in [2.45, 2.75) is 13.8 Å². The van der Waals surface area contributed by atoms with Crippen molar-refractivity contribution in [2.75, 3.05) is 26.1 Å². The van der Waals surface area contributed by atoms with Crippen LogP contribution in [0.4, 0.5) is 5.69 Å². The Hall–Kier alpha value is -3.22. The predicted octanol–water partition coefficient (Wildman–Crippen LogP) is 2.44. The third-order valence-electron chi connectivity index (χ3n) is 3.72. The third kappa shape index (κ3) is 4.44. The average molecular weight is 358 g/mol. The number of nitrogens with two attached hydrogens (primary N) is 1. The number of primary amides is 1. The van der Waals surface area contributed by atoms with E-state index in [1.165, 1.54) is 26.4 Å². The summed E-state index contributed by atoms with van der Waals surface area (Å²) in [4.78, 5) is 23.6. The number of carbonyl (C=O) groups is 2. The van der Waals surface area contributed by atoms with E-state index in [-0.39, 0.29) is 29.8 Å². The van der Waals surface area contributed by atoms with E-state index < -0.39 is 5.91 Å². The van der Waals surface area contributed by atoms with Gasteiger partial charge in [-0.25, -0.2) is 0 Å². The zero-order chi connectivity index (χ0) is 19.3. The van der Waals surface area contributed by atoms with Gasteiger partial charge in [0.05, 0.1) is 14.2 Å². The second-order valence-corrected chi connectivity index (χ2v) is 5.74. The number of nitrogens with one attached hydrogen (secondary N) is 1. The monoisotopic (exact) mass is 358 g/mol. The summed E-state index contributed by atoms with van der Waals surface area (Å²) >= 11 is 0. The van der Waals surface area contributed by atoms with Crippen molar-refractivity contribution < 1.29 is 23.8 Å². The molecule has 0 heterocycles. The first-order chi connectivity index (χ1) is 12.3. The van der Waals surface area contributed by atoms with E-state index in [1.54, 1.807) is 0 Å². The molecule has 2 aromatic carbocycles. The van der Waals surface area contributed by atoms with Gasteiger partial charge in [0.25, 0.3) is 11.8 Å². The second kappa shape index (κ2) is 8.24. The molecule has 0 aliphatic rings. The first kappa shape index (κ1) is 19.1. The van der Waals surface area contributed by atoms with Crippen LogP contribution in [-0.2, 0) is 4.79 Å². The number of hydrogen-bond acceptors (Lipinski definition) is 5. The Kier molecular flexibility index (Phi) is 6.06. The van der Waals surface area contributed by atoms with Crippen LogP contribution in [0.3, 0.4) is 0 Å². The van der Waals surface area contributed by atoms with Gasteiger partial charge in [-0.15, -0.1) is 0 Å². The standard InChI is InChI=1S/C19H22N2O5/c1-11-5-6-12(2)14(7-11)21-19(23)13-8-15(24-3)18(16(9-13)25-4)26-10-17(20)22/h5-9H,10H2,1-4H3,(H2,20,22)(H,21,23). The summed E-state index contributed by atoms with van der Waals surface area (Å²) in [7, 11) is 2.86. The van der Waals surface area contributed by atoms with Crippen LogP contribution >= 0.6 is 0 Å². The fourth-order valence-corrected chi connectivity index (χ4v) is 2.36. The molecule has 0 atom stereocenters. The lowest BCUT2D eigenvalue weighted by molar-refractivity contribution is -0.120. The van der Waals surface area contributed by atoms with Crippen LogP contribution in [0.2, 0.25) is 0 Å². The first-order valence-electron chi connectivity index (χ1n) is 7.91. The minimum Gasteiger partial charge on any atom is -0.493 e. The molecular weight excluding hydrogens is 336 g/mol. The minimum absolute atomic E-state index is 0.206. The van der Waals surface area contributed by atoms with Crippen molar-refractivity contribution in [2.24, 2.45) is 5.73 Å². The van der Waals surface area contributed by atoms with Gasteiger partial charge in [-0.3, -0.25) is 9.59 Å². The van der Waals surface area contributed by atoms with Crippen molar-refractivity contribution >= 4 is 17.5 Å². The SMILES string of the molecule is COc1cc(C(=O)Nc2cc(C)ccc2C)cc(OC)c1OCC(N)=O. The number of aryl methyl sites for hydroxylation is 2. The van der Waals surface area contributed by atoms with Gasteiger partial charge >= 0.3 is 0 Å². The molecule has 0 fully saturated rings. The molecule has 2 amide bonds. The minimum atomic E-state index is -0.633. The van der Waals surface area contributed by atoms with Crippen LogP contribution in [0.25, 0.3) is 0 Å². The van der Waals surface area contributed by atoms with E-state index in [9.17, 15) is 9.59 Å². The van der Waals surface area contributed by atoms with Gasteiger partial charge in [0.1, 0.15) is 0 Å². The summed E-state index contributed by atoms with van der Waals surface area (Å²) in [5.41, 5.74) is 8.14. The lowest BCUT2D eigenvalue weighted by Crippen LogP contribution is -2.20. The molecule has 2 aromatic rings. The van der Waals surface area contributed by atoms with Gasteiger partial charge in [0.2, 0.25) is 5.75 Å². The summed E-state index contributed by atoms with van der Waals surface area (Å²) in [6, 6.07) is 8.83. The first-order valence-corrected chi connectivity index (χ1v) is 7.91. The second-order valence-electron chi connectivity index (χ2n) is 5.74. The molecule has 0 saturated heterocycles. The van der Waals surface area contributed by atoms with Crippen molar-refractivity contribution in [3.05, 3.63) is 47.0 Å². The number of benzene rings is 2. The molecule has 0 bridgehead atoms. The highest BCUT2D eigenvalue weighted by atomic mass is 16.5. The van der Waals surface area contributed by atoms with Crippen LogP contribution < -0.4 is 25.3 Å². The van der Waals surface area contributed by atoms with Crippen LogP contribution in [0.1, 0.15) is 21.5 Å². The van der Waals surface area contributed by atoms with E-state index in [1.807, 2.05) is 32.0 Å². The van der Waals surface area contributed by atoms with Gasteiger partial charge in [-0.2, -0.15) is 0 Å². The largest absolute Gasteiger partial charge is 0.493 e. The van der Waals surface area contributed by atoms with Gasteiger partial charge in [0.15, 0.2) is 18.1 Å². The van der Waals surface area contributed by atoms with Gasteiger partial charge in [0, 0.05) is 11.3 Å². The summed E-state index contributed by atoms with van der Waals surface area (Å²) in [6.45, 7) is 3.53. The van der Waals surface area contributed by atoms with E-state index >= 15 is 0 Å². The fraction of sp³-hybridized carbons (Fsp3) is 0.263. The van der Waals surface area contributed by atoms with Crippen LogP contribution in [0, 0.1) is 13.8 Å². The third-order valence-corrected chi connectivity index (χ3v) is 3.72. The van der Waals surface area contributed by atoms with E-state index in [0.717, 1.165) is 16.8 Å². The molecule has 0 radical (unpaired) electrons. The van der Waals surface area contributed by atoms with Crippen molar-refractivity contribution in [3.63, 3.8) is 0 Å². The highest BCUT2D eigenvalue weighted by Crippen LogP contribution is 2.38. The Morgan fingerprint density at radius 1 is 1.04 bits per heavy atom. The Balaban J connectivity index is 2.35. The maximum atomic E-state index is 12.7. The molecule has 2 rings (SSSR count). The van der Waals surface area contributed by atoms with Gasteiger partial charge in [-0.1, -0.05) is 12.1 Å². The molecule has 0 spiro atoms. The maximum absolute atomic E-state index is 12.7. The molecule has 138 valence electrons. The number of ether oxygens (including phenoxy) is 3. The average Bonchev–Trinajstić information content (AvgIpc) is 2.61. The lowest BCUT2D eigenvalue weighted by Gasteiger charge is -2.16. The predicted molar refractivity (Wildman–Crippen MR) is 98.1 cm³/mol. The number of methoxy groups -OCH3 is 2. The van der Waals surface area contributed by atoms with Crippen molar-refractivity contribution in [3.8, 4) is 17.2 Å². The summed E-state index contributed by atoms with van der Waals surface area (Å²) < 4.78 is 15.9. The van der Waals surface area contributed by atoms with Crippen molar-refractivity contribution in [1.82, 2.24) is 0 Å². The quantitative estimate of drug-likeness (QED) is 0.792. The van der Waals surface area contributed by atoms with Gasteiger partial charge < -0.3 is 25.3 Å². The summed E-state index contributed by atoms with van der Waals surface area (Å²) in [5.74, 6) is -0.229. The smallest absolute Gasteiger partial charge is 0.255 e. The topological polar surface area (TPSA) is 99.9 Å². The van der Waals surface area contributed by atoms with E-state index in [0.29, 0.717) is 5.56 Å². The number of anilines is 1. The molecule has 7 heteroatoms. The maximum Gasteiger partial charge on any atom is 0.255 e. The Morgan fingerprint density at radius 2 is 1.65 bits per heavy atom. The van der Waals surface area contributed by atoms with Crippen LogP contribution in [0.5, 0.6) is 17.2 Å². The zero-order valence-corrected chi connectivity index (χ0v) is 15.2. The summed E-state index contributed by atoms with van der Waals surface area (Å²) in [6.07, 6.45) is 0. The Labute approximate surface area is 152 Å². The molecule has 0 aliphatic heterocycles. The molecule has 0 aliphatic carbocycles. The van der Waals surface area contributed by atoms with Crippen LogP contribution in [-0.4, -0.2) is 32.6 Å². The summed E-state index contributed by atoms with van der Waals surface area (Å²) in [5, 5.41) is 2.87. The number of hydrogen-bond donors (Lipinski definition) is 2. The van der Waals surface area contributed by atoms with Crippen LogP contribution in [0.15, 0.2) is 30.3 Å². The molecule has 7 nitrogen and oxygen atoms in total. The van der Waals surface area contributed by atoms with Gasteiger partial charge in [-0.05, 0) is 43.2 Å². The van der Waals surface area contributed by atoms with E-state index in [4.69, 9.17) is 19.9 Å². The fourth-order valence-electron chi connectivity index (χ4n) is 2.36. The van der Waals surface area contributed by atoms with E-state index in [2.05, 4.69) is 5.32 Å². The normalized spacial score (nSPS) is 10.2. The zero-order valence-electron chi connectivity index (χ0n) is 15.2. The molecule has 26 heavy (non-hydrogen) atoms. The Bertz CT molecular complexity index is 808. The highest BCUT2D eigenvalue weighted by Gasteiger charge is 2.19. The molecule has 0 saturated carbocycles. The number of rotatable bonds is 7. The van der Waals surface area contributed by atoms with Crippen molar-refractivity contribution in [1.29, 1.82) is 0 Å². The molecule has 3 N–H and O–H groups in total. The molecular formula is C19H22N2O5. The lowest BCUT2D eigenvalue weighted by atomic mass is 10.1.